The van der Waals surface area contributed by atoms with Gasteiger partial charge in [0.15, 0.2) is 0 Å². The van der Waals surface area contributed by atoms with Gasteiger partial charge in [0.25, 0.3) is 0 Å². The van der Waals surface area contributed by atoms with Crippen LogP contribution in [-0.4, -0.2) is 18.0 Å². The summed E-state index contributed by atoms with van der Waals surface area (Å²) in [6.07, 6.45) is 0.764. The van der Waals surface area contributed by atoms with Crippen molar-refractivity contribution in [2.75, 3.05) is 11.9 Å². The standard InChI is InChI=1S/C13H17BrF2N2O/c1-4-13(2,3)18-11(19)7-17-12-9(15)5-8(14)6-10(12)16/h5-6,17H,4,7H2,1-3H3,(H,18,19). The maximum absolute atomic E-state index is 13.5. The van der Waals surface area contributed by atoms with Crippen LogP contribution < -0.4 is 10.6 Å². The number of halogens is 3. The molecule has 3 nitrogen and oxygen atoms in total. The van der Waals surface area contributed by atoms with Crippen LogP contribution in [0.2, 0.25) is 0 Å². The zero-order valence-electron chi connectivity index (χ0n) is 11.1. The summed E-state index contributed by atoms with van der Waals surface area (Å²) in [5.41, 5.74) is -0.636. The third-order valence-electron chi connectivity index (χ3n) is 2.79. The second-order valence-corrected chi connectivity index (χ2v) is 5.80. The minimum atomic E-state index is -0.741. The third kappa shape index (κ3) is 4.78. The second-order valence-electron chi connectivity index (χ2n) is 4.88. The van der Waals surface area contributed by atoms with Gasteiger partial charge in [-0.1, -0.05) is 22.9 Å². The summed E-state index contributed by atoms with van der Waals surface area (Å²) in [7, 11) is 0. The average Bonchev–Trinajstić information content (AvgIpc) is 2.26. The summed E-state index contributed by atoms with van der Waals surface area (Å²) < 4.78 is 27.3. The van der Waals surface area contributed by atoms with Crippen molar-refractivity contribution in [3.63, 3.8) is 0 Å². The zero-order valence-corrected chi connectivity index (χ0v) is 12.7. The SMILES string of the molecule is CCC(C)(C)NC(=O)CNc1c(F)cc(Br)cc1F. The molecule has 0 radical (unpaired) electrons. The molecule has 0 saturated carbocycles. The number of anilines is 1. The van der Waals surface area contributed by atoms with E-state index >= 15 is 0 Å². The van der Waals surface area contributed by atoms with Crippen molar-refractivity contribution < 1.29 is 13.6 Å². The number of carbonyl (C=O) groups is 1. The normalized spacial score (nSPS) is 11.3. The summed E-state index contributed by atoms with van der Waals surface area (Å²) in [5.74, 6) is -1.79. The van der Waals surface area contributed by atoms with E-state index in [4.69, 9.17) is 0 Å². The fourth-order valence-electron chi connectivity index (χ4n) is 1.39. The topological polar surface area (TPSA) is 41.1 Å². The van der Waals surface area contributed by atoms with Gasteiger partial charge in [-0.05, 0) is 32.4 Å². The van der Waals surface area contributed by atoms with Crippen molar-refractivity contribution in [1.29, 1.82) is 0 Å². The third-order valence-corrected chi connectivity index (χ3v) is 3.25. The Kier molecular flexibility index (Phi) is 5.29. The quantitative estimate of drug-likeness (QED) is 0.865. The van der Waals surface area contributed by atoms with Gasteiger partial charge in [-0.15, -0.1) is 0 Å². The first-order valence-electron chi connectivity index (χ1n) is 5.94. The molecule has 19 heavy (non-hydrogen) atoms. The molecule has 106 valence electrons. The first kappa shape index (κ1) is 15.9. The lowest BCUT2D eigenvalue weighted by molar-refractivity contribution is -0.121. The van der Waals surface area contributed by atoms with E-state index < -0.39 is 11.6 Å². The summed E-state index contributed by atoms with van der Waals surface area (Å²) in [5, 5.41) is 5.24. The maximum atomic E-state index is 13.5. The van der Waals surface area contributed by atoms with Crippen molar-refractivity contribution in [2.24, 2.45) is 0 Å². The molecule has 0 heterocycles. The van der Waals surface area contributed by atoms with Crippen LogP contribution >= 0.6 is 15.9 Å². The second kappa shape index (κ2) is 6.32. The molecule has 0 bridgehead atoms. The minimum absolute atomic E-state index is 0.182. The number of hydrogen-bond donors (Lipinski definition) is 2. The Hall–Kier alpha value is -1.17. The van der Waals surface area contributed by atoms with Crippen LogP contribution in [-0.2, 0) is 4.79 Å². The summed E-state index contributed by atoms with van der Waals surface area (Å²) in [4.78, 5) is 11.7. The molecule has 0 unspecified atom stereocenters. The lowest BCUT2D eigenvalue weighted by Crippen LogP contribution is -2.45. The van der Waals surface area contributed by atoms with Crippen molar-refractivity contribution in [3.8, 4) is 0 Å². The van der Waals surface area contributed by atoms with Crippen LogP contribution in [0, 0.1) is 11.6 Å². The van der Waals surface area contributed by atoms with Crippen molar-refractivity contribution in [2.45, 2.75) is 32.7 Å². The first-order valence-corrected chi connectivity index (χ1v) is 6.74. The molecule has 0 fully saturated rings. The first-order chi connectivity index (χ1) is 8.75. The smallest absolute Gasteiger partial charge is 0.239 e. The van der Waals surface area contributed by atoms with E-state index in [1.165, 1.54) is 0 Å². The maximum Gasteiger partial charge on any atom is 0.239 e. The van der Waals surface area contributed by atoms with Crippen LogP contribution in [0.15, 0.2) is 16.6 Å². The van der Waals surface area contributed by atoms with E-state index in [0.717, 1.165) is 18.6 Å². The molecule has 1 amide bonds. The van der Waals surface area contributed by atoms with E-state index in [1.54, 1.807) is 0 Å². The van der Waals surface area contributed by atoms with Gasteiger partial charge in [0, 0.05) is 10.0 Å². The molecule has 1 aromatic carbocycles. The van der Waals surface area contributed by atoms with Crippen molar-refractivity contribution in [1.82, 2.24) is 5.32 Å². The van der Waals surface area contributed by atoms with Gasteiger partial charge in [0.05, 0.1) is 6.54 Å². The van der Waals surface area contributed by atoms with Gasteiger partial charge in [-0.2, -0.15) is 0 Å². The highest BCUT2D eigenvalue weighted by Gasteiger charge is 2.18. The molecule has 6 heteroatoms. The molecular formula is C13H17BrF2N2O. The van der Waals surface area contributed by atoms with Gasteiger partial charge in [-0.25, -0.2) is 8.78 Å². The van der Waals surface area contributed by atoms with Crippen LogP contribution in [0.5, 0.6) is 0 Å². The van der Waals surface area contributed by atoms with Gasteiger partial charge in [0.1, 0.15) is 17.3 Å². The van der Waals surface area contributed by atoms with Crippen molar-refractivity contribution in [3.05, 3.63) is 28.2 Å². The molecular weight excluding hydrogens is 318 g/mol. The van der Waals surface area contributed by atoms with Gasteiger partial charge < -0.3 is 10.6 Å². The molecule has 0 saturated heterocycles. The monoisotopic (exact) mass is 334 g/mol. The van der Waals surface area contributed by atoms with E-state index in [2.05, 4.69) is 26.6 Å². The van der Waals surface area contributed by atoms with Gasteiger partial charge in [0.2, 0.25) is 5.91 Å². The molecule has 1 aromatic rings. The fourth-order valence-corrected chi connectivity index (χ4v) is 1.79. The Balaban J connectivity index is 2.65. The molecule has 2 N–H and O–H groups in total. The molecule has 0 aliphatic carbocycles. The highest BCUT2D eigenvalue weighted by atomic mass is 79.9. The molecule has 0 aromatic heterocycles. The van der Waals surface area contributed by atoms with E-state index in [9.17, 15) is 13.6 Å². The molecule has 1 rings (SSSR count). The average molecular weight is 335 g/mol. The van der Waals surface area contributed by atoms with Gasteiger partial charge in [-0.3, -0.25) is 4.79 Å². The number of carbonyl (C=O) groups excluding carboxylic acids is 1. The Morgan fingerprint density at radius 2 is 1.84 bits per heavy atom. The lowest BCUT2D eigenvalue weighted by atomic mass is 10.0. The predicted octanol–water partition coefficient (Wildman–Crippen LogP) is 3.44. The molecule has 0 atom stereocenters. The fraction of sp³-hybridized carbons (Fsp3) is 0.462. The highest BCUT2D eigenvalue weighted by Crippen LogP contribution is 2.23. The molecule has 0 aliphatic heterocycles. The predicted molar refractivity (Wildman–Crippen MR) is 75.1 cm³/mol. The number of amides is 1. The van der Waals surface area contributed by atoms with Gasteiger partial charge >= 0.3 is 0 Å². The minimum Gasteiger partial charge on any atom is -0.371 e. The summed E-state index contributed by atoms with van der Waals surface area (Å²) in [6, 6.07) is 2.28. The van der Waals surface area contributed by atoms with E-state index in [1.807, 2.05) is 20.8 Å². The Labute approximate surface area is 119 Å². The van der Waals surface area contributed by atoms with Crippen LogP contribution in [0.25, 0.3) is 0 Å². The Bertz CT molecular complexity index is 455. The van der Waals surface area contributed by atoms with Crippen LogP contribution in [0.3, 0.4) is 0 Å². The molecule has 0 aliphatic rings. The Morgan fingerprint density at radius 3 is 2.32 bits per heavy atom. The van der Waals surface area contributed by atoms with E-state index in [0.29, 0.717) is 4.47 Å². The highest BCUT2D eigenvalue weighted by molar-refractivity contribution is 9.10. The van der Waals surface area contributed by atoms with E-state index in [-0.39, 0.29) is 23.7 Å². The van der Waals surface area contributed by atoms with Crippen molar-refractivity contribution >= 4 is 27.5 Å². The Morgan fingerprint density at radius 1 is 1.32 bits per heavy atom. The summed E-state index contributed by atoms with van der Waals surface area (Å²) >= 11 is 2.99. The summed E-state index contributed by atoms with van der Waals surface area (Å²) in [6.45, 7) is 5.53. The number of benzene rings is 1. The number of nitrogens with one attached hydrogen (secondary N) is 2. The number of hydrogen-bond acceptors (Lipinski definition) is 2. The van der Waals surface area contributed by atoms with Crippen LogP contribution in [0.1, 0.15) is 27.2 Å². The number of rotatable bonds is 5. The molecule has 0 spiro atoms. The lowest BCUT2D eigenvalue weighted by Gasteiger charge is -2.24. The zero-order chi connectivity index (χ0) is 14.6. The van der Waals surface area contributed by atoms with Crippen LogP contribution in [0.4, 0.5) is 14.5 Å². The largest absolute Gasteiger partial charge is 0.371 e.